The maximum absolute atomic E-state index is 11.9. The highest BCUT2D eigenvalue weighted by atomic mass is 79.9. The SMILES string of the molecule is N#Cc1ccc(NC(=O)c2ccc(Cl)s2)c(Br)c1. The highest BCUT2D eigenvalue weighted by molar-refractivity contribution is 9.10. The van der Waals surface area contributed by atoms with Crippen molar-refractivity contribution in [1.29, 1.82) is 5.26 Å². The summed E-state index contributed by atoms with van der Waals surface area (Å²) in [6.45, 7) is 0. The van der Waals surface area contributed by atoms with Gasteiger partial charge in [-0.1, -0.05) is 11.6 Å². The lowest BCUT2D eigenvalue weighted by Crippen LogP contribution is -2.10. The molecule has 1 aromatic carbocycles. The van der Waals surface area contributed by atoms with Crippen molar-refractivity contribution >= 4 is 50.5 Å². The zero-order valence-corrected chi connectivity index (χ0v) is 12.1. The smallest absolute Gasteiger partial charge is 0.265 e. The molecule has 0 unspecified atom stereocenters. The second kappa shape index (κ2) is 5.53. The fourth-order valence-electron chi connectivity index (χ4n) is 1.31. The molecule has 90 valence electrons. The quantitative estimate of drug-likeness (QED) is 0.886. The van der Waals surface area contributed by atoms with Crippen LogP contribution in [0.2, 0.25) is 4.34 Å². The summed E-state index contributed by atoms with van der Waals surface area (Å²) in [4.78, 5) is 12.4. The summed E-state index contributed by atoms with van der Waals surface area (Å²) < 4.78 is 1.23. The molecule has 1 amide bonds. The molecule has 0 radical (unpaired) electrons. The number of hydrogen-bond acceptors (Lipinski definition) is 3. The molecule has 1 heterocycles. The minimum Gasteiger partial charge on any atom is -0.320 e. The van der Waals surface area contributed by atoms with Crippen molar-refractivity contribution in [2.75, 3.05) is 5.32 Å². The highest BCUT2D eigenvalue weighted by Gasteiger charge is 2.10. The van der Waals surface area contributed by atoms with Crippen LogP contribution in [0.5, 0.6) is 0 Å². The molecule has 2 aromatic rings. The Hall–Kier alpha value is -1.35. The molecule has 0 saturated heterocycles. The van der Waals surface area contributed by atoms with Gasteiger partial charge in [0.15, 0.2) is 0 Å². The van der Waals surface area contributed by atoms with E-state index >= 15 is 0 Å². The first kappa shape index (κ1) is 13.1. The van der Waals surface area contributed by atoms with Gasteiger partial charge in [0.05, 0.1) is 26.5 Å². The number of benzene rings is 1. The summed E-state index contributed by atoms with van der Waals surface area (Å²) in [5.41, 5.74) is 1.14. The van der Waals surface area contributed by atoms with Crippen LogP contribution in [0.1, 0.15) is 15.2 Å². The van der Waals surface area contributed by atoms with E-state index in [2.05, 4.69) is 21.2 Å². The first-order valence-corrected chi connectivity index (χ1v) is 6.85. The Kier molecular flexibility index (Phi) is 4.02. The van der Waals surface area contributed by atoms with Crippen LogP contribution in [-0.4, -0.2) is 5.91 Å². The summed E-state index contributed by atoms with van der Waals surface area (Å²) >= 11 is 10.3. The van der Waals surface area contributed by atoms with Gasteiger partial charge in [0.25, 0.3) is 5.91 Å². The van der Waals surface area contributed by atoms with Crippen LogP contribution < -0.4 is 5.32 Å². The minimum absolute atomic E-state index is 0.225. The standard InChI is InChI=1S/C12H6BrClN2OS/c13-8-5-7(6-15)1-2-9(8)16-12(17)10-3-4-11(14)18-10/h1-5H,(H,16,17). The summed E-state index contributed by atoms with van der Waals surface area (Å²) in [5.74, 6) is -0.225. The second-order valence-electron chi connectivity index (χ2n) is 3.36. The monoisotopic (exact) mass is 340 g/mol. The van der Waals surface area contributed by atoms with Gasteiger partial charge in [-0.25, -0.2) is 0 Å². The van der Waals surface area contributed by atoms with Crippen molar-refractivity contribution in [3.63, 3.8) is 0 Å². The van der Waals surface area contributed by atoms with Crippen LogP contribution >= 0.6 is 38.9 Å². The van der Waals surface area contributed by atoms with Gasteiger partial charge in [-0.05, 0) is 46.3 Å². The molecule has 1 N–H and O–H groups in total. The Morgan fingerprint density at radius 2 is 2.17 bits per heavy atom. The molecule has 0 aliphatic heterocycles. The topological polar surface area (TPSA) is 52.9 Å². The van der Waals surface area contributed by atoms with Gasteiger partial charge in [-0.15, -0.1) is 11.3 Å². The molecule has 0 fully saturated rings. The third kappa shape index (κ3) is 2.91. The van der Waals surface area contributed by atoms with E-state index in [1.807, 2.05) is 6.07 Å². The van der Waals surface area contributed by atoms with Crippen molar-refractivity contribution in [2.45, 2.75) is 0 Å². The van der Waals surface area contributed by atoms with E-state index in [4.69, 9.17) is 16.9 Å². The molecule has 0 atom stereocenters. The van der Waals surface area contributed by atoms with E-state index in [-0.39, 0.29) is 5.91 Å². The van der Waals surface area contributed by atoms with E-state index in [0.717, 1.165) is 0 Å². The Labute approximate surface area is 121 Å². The maximum atomic E-state index is 11.9. The predicted molar refractivity (Wildman–Crippen MR) is 76.1 cm³/mol. The van der Waals surface area contributed by atoms with Gasteiger partial charge in [-0.2, -0.15) is 5.26 Å². The molecule has 0 aliphatic rings. The van der Waals surface area contributed by atoms with E-state index in [1.165, 1.54) is 11.3 Å². The number of nitrogens with zero attached hydrogens (tertiary/aromatic N) is 1. The third-order valence-electron chi connectivity index (χ3n) is 2.14. The summed E-state index contributed by atoms with van der Waals surface area (Å²) in [5, 5.41) is 11.5. The average molecular weight is 342 g/mol. The van der Waals surface area contributed by atoms with E-state index in [0.29, 0.717) is 24.9 Å². The number of amides is 1. The molecule has 0 saturated carbocycles. The lowest BCUT2D eigenvalue weighted by molar-refractivity contribution is 0.103. The molecule has 0 spiro atoms. The number of nitriles is 1. The number of hydrogen-bond donors (Lipinski definition) is 1. The number of thiophene rings is 1. The van der Waals surface area contributed by atoms with Crippen LogP contribution in [0.4, 0.5) is 5.69 Å². The molecular formula is C12H6BrClN2OS. The van der Waals surface area contributed by atoms with E-state index < -0.39 is 0 Å². The summed E-state index contributed by atoms with van der Waals surface area (Å²) in [7, 11) is 0. The van der Waals surface area contributed by atoms with Crippen molar-refractivity contribution in [2.24, 2.45) is 0 Å². The number of nitrogens with one attached hydrogen (secondary N) is 1. The molecule has 3 nitrogen and oxygen atoms in total. The van der Waals surface area contributed by atoms with Crippen LogP contribution in [0.15, 0.2) is 34.8 Å². The maximum Gasteiger partial charge on any atom is 0.265 e. The summed E-state index contributed by atoms with van der Waals surface area (Å²) in [6, 6.07) is 10.3. The molecule has 2 rings (SSSR count). The second-order valence-corrected chi connectivity index (χ2v) is 5.93. The Balaban J connectivity index is 2.20. The van der Waals surface area contributed by atoms with E-state index in [9.17, 15) is 4.79 Å². The molecule has 6 heteroatoms. The Morgan fingerprint density at radius 3 is 2.72 bits per heavy atom. The number of carbonyl (C=O) groups is 1. The molecule has 0 bridgehead atoms. The molecular weight excluding hydrogens is 336 g/mol. The Morgan fingerprint density at radius 1 is 1.39 bits per heavy atom. The summed E-state index contributed by atoms with van der Waals surface area (Å²) in [6.07, 6.45) is 0. The van der Waals surface area contributed by atoms with Gasteiger partial charge >= 0.3 is 0 Å². The zero-order valence-electron chi connectivity index (χ0n) is 8.91. The third-order valence-corrected chi connectivity index (χ3v) is 4.03. The number of rotatable bonds is 2. The predicted octanol–water partition coefficient (Wildman–Crippen LogP) is 4.29. The fraction of sp³-hybridized carbons (Fsp3) is 0. The van der Waals surface area contributed by atoms with Crippen LogP contribution in [0, 0.1) is 11.3 Å². The molecule has 1 aromatic heterocycles. The van der Waals surface area contributed by atoms with Crippen LogP contribution in [-0.2, 0) is 0 Å². The van der Waals surface area contributed by atoms with Crippen molar-refractivity contribution in [1.82, 2.24) is 0 Å². The number of carbonyl (C=O) groups excluding carboxylic acids is 1. The molecule has 0 aliphatic carbocycles. The van der Waals surface area contributed by atoms with Gasteiger partial charge < -0.3 is 5.32 Å². The van der Waals surface area contributed by atoms with Crippen molar-refractivity contribution < 1.29 is 4.79 Å². The fourth-order valence-corrected chi connectivity index (χ4v) is 2.72. The number of halogens is 2. The lowest BCUT2D eigenvalue weighted by Gasteiger charge is -2.06. The van der Waals surface area contributed by atoms with Gasteiger partial charge in [0.1, 0.15) is 0 Å². The van der Waals surface area contributed by atoms with Gasteiger partial charge in [-0.3, -0.25) is 4.79 Å². The largest absolute Gasteiger partial charge is 0.320 e. The van der Waals surface area contributed by atoms with E-state index in [1.54, 1.807) is 30.3 Å². The molecule has 18 heavy (non-hydrogen) atoms. The number of anilines is 1. The van der Waals surface area contributed by atoms with Crippen molar-refractivity contribution in [3.8, 4) is 6.07 Å². The van der Waals surface area contributed by atoms with Gasteiger partial charge in [0.2, 0.25) is 0 Å². The van der Waals surface area contributed by atoms with Crippen molar-refractivity contribution in [3.05, 3.63) is 49.6 Å². The first-order valence-electron chi connectivity index (χ1n) is 4.86. The normalized spacial score (nSPS) is 9.83. The average Bonchev–Trinajstić information content (AvgIpc) is 2.78. The first-order chi connectivity index (χ1) is 8.60. The van der Waals surface area contributed by atoms with Crippen LogP contribution in [0.25, 0.3) is 0 Å². The minimum atomic E-state index is -0.225. The lowest BCUT2D eigenvalue weighted by atomic mass is 10.2. The highest BCUT2D eigenvalue weighted by Crippen LogP contribution is 2.26. The van der Waals surface area contributed by atoms with Gasteiger partial charge in [0, 0.05) is 4.47 Å². The van der Waals surface area contributed by atoms with Crippen LogP contribution in [0.3, 0.4) is 0 Å². The Bertz CT molecular complexity index is 648. The zero-order chi connectivity index (χ0) is 13.1.